The van der Waals surface area contributed by atoms with E-state index in [1.807, 2.05) is 0 Å². The van der Waals surface area contributed by atoms with E-state index < -0.39 is 16.1 Å². The molecule has 1 aromatic rings. The van der Waals surface area contributed by atoms with Gasteiger partial charge in [-0.25, -0.2) is 17.5 Å². The molecule has 0 aromatic heterocycles. The summed E-state index contributed by atoms with van der Waals surface area (Å²) in [5, 5.41) is 0. The standard InChI is InChI=1S/C9H12FNO2S/c1-7(11-14(2,12)13)8-4-3-5-9(10)6-8/h3-7,11H,1-2H3/t7-/m0/s1. The maximum atomic E-state index is 12.8. The molecular formula is C9H12FNO2S. The average molecular weight is 217 g/mol. The van der Waals surface area contributed by atoms with Crippen LogP contribution in [0.1, 0.15) is 18.5 Å². The second-order valence-electron chi connectivity index (χ2n) is 3.17. The minimum Gasteiger partial charge on any atom is -0.213 e. The van der Waals surface area contributed by atoms with Gasteiger partial charge in [0.05, 0.1) is 6.26 Å². The van der Waals surface area contributed by atoms with Crippen molar-refractivity contribution in [1.82, 2.24) is 4.72 Å². The number of hydrogen-bond acceptors (Lipinski definition) is 2. The van der Waals surface area contributed by atoms with E-state index in [1.165, 1.54) is 12.1 Å². The molecule has 0 spiro atoms. The van der Waals surface area contributed by atoms with E-state index in [0.717, 1.165) is 6.26 Å². The van der Waals surface area contributed by atoms with Crippen molar-refractivity contribution in [3.05, 3.63) is 35.6 Å². The van der Waals surface area contributed by atoms with Crippen LogP contribution in [-0.2, 0) is 10.0 Å². The number of halogens is 1. The zero-order valence-electron chi connectivity index (χ0n) is 7.99. The summed E-state index contributed by atoms with van der Waals surface area (Å²) in [5.41, 5.74) is 0.607. The predicted molar refractivity (Wildman–Crippen MR) is 52.8 cm³/mol. The first kappa shape index (κ1) is 11.1. The van der Waals surface area contributed by atoms with Gasteiger partial charge in [-0.1, -0.05) is 12.1 Å². The fraction of sp³-hybridized carbons (Fsp3) is 0.333. The first-order chi connectivity index (χ1) is 6.38. The molecule has 0 radical (unpaired) electrons. The molecule has 5 heteroatoms. The first-order valence-corrected chi connectivity index (χ1v) is 6.00. The highest BCUT2D eigenvalue weighted by atomic mass is 32.2. The van der Waals surface area contributed by atoms with Crippen LogP contribution in [0.2, 0.25) is 0 Å². The molecule has 78 valence electrons. The molecule has 1 rings (SSSR count). The maximum absolute atomic E-state index is 12.8. The van der Waals surface area contributed by atoms with Crippen molar-refractivity contribution < 1.29 is 12.8 Å². The summed E-state index contributed by atoms with van der Waals surface area (Å²) in [6.07, 6.45) is 1.07. The molecule has 0 saturated carbocycles. The fourth-order valence-corrected chi connectivity index (χ4v) is 1.94. The van der Waals surface area contributed by atoms with E-state index in [9.17, 15) is 12.8 Å². The number of hydrogen-bond donors (Lipinski definition) is 1. The molecule has 1 N–H and O–H groups in total. The van der Waals surface area contributed by atoms with Gasteiger partial charge < -0.3 is 0 Å². The molecule has 0 fully saturated rings. The lowest BCUT2D eigenvalue weighted by Gasteiger charge is -2.12. The van der Waals surface area contributed by atoms with Gasteiger partial charge in [-0.05, 0) is 24.6 Å². The summed E-state index contributed by atoms with van der Waals surface area (Å²) in [7, 11) is -3.26. The summed E-state index contributed by atoms with van der Waals surface area (Å²) in [6, 6.07) is 5.43. The third-order valence-electron chi connectivity index (χ3n) is 1.74. The molecule has 0 unspecified atom stereocenters. The van der Waals surface area contributed by atoms with Crippen LogP contribution >= 0.6 is 0 Å². The Kier molecular flexibility index (Phi) is 3.23. The molecule has 0 bridgehead atoms. The molecule has 1 atom stereocenters. The van der Waals surface area contributed by atoms with Gasteiger partial charge in [-0.15, -0.1) is 0 Å². The quantitative estimate of drug-likeness (QED) is 0.832. The molecule has 14 heavy (non-hydrogen) atoms. The molecular weight excluding hydrogens is 205 g/mol. The van der Waals surface area contributed by atoms with Crippen molar-refractivity contribution in [3.8, 4) is 0 Å². The van der Waals surface area contributed by atoms with Gasteiger partial charge in [0.25, 0.3) is 0 Å². The number of rotatable bonds is 3. The van der Waals surface area contributed by atoms with Gasteiger partial charge in [0, 0.05) is 6.04 Å². The Balaban J connectivity index is 2.85. The van der Waals surface area contributed by atoms with Gasteiger partial charge in [0.1, 0.15) is 5.82 Å². The van der Waals surface area contributed by atoms with E-state index in [1.54, 1.807) is 19.1 Å². The summed E-state index contributed by atoms with van der Waals surface area (Å²) in [5.74, 6) is -0.371. The highest BCUT2D eigenvalue weighted by Gasteiger charge is 2.10. The predicted octanol–water partition coefficient (Wildman–Crippen LogP) is 1.44. The maximum Gasteiger partial charge on any atom is 0.209 e. The lowest BCUT2D eigenvalue weighted by molar-refractivity contribution is 0.570. The Labute approximate surface area is 83.0 Å². The van der Waals surface area contributed by atoms with E-state index in [0.29, 0.717) is 5.56 Å². The van der Waals surface area contributed by atoms with Crippen molar-refractivity contribution in [2.24, 2.45) is 0 Å². The molecule has 0 saturated heterocycles. The largest absolute Gasteiger partial charge is 0.213 e. The Bertz CT molecular complexity index is 417. The average Bonchev–Trinajstić information content (AvgIpc) is 2.01. The highest BCUT2D eigenvalue weighted by Crippen LogP contribution is 2.13. The Hall–Kier alpha value is -0.940. The SMILES string of the molecule is C[C@H](NS(C)(=O)=O)c1cccc(F)c1. The molecule has 0 aliphatic heterocycles. The molecule has 0 heterocycles. The second kappa shape index (κ2) is 4.06. The van der Waals surface area contributed by atoms with Crippen LogP contribution in [0.25, 0.3) is 0 Å². The van der Waals surface area contributed by atoms with Crippen LogP contribution in [0.4, 0.5) is 4.39 Å². The molecule has 1 aromatic carbocycles. The summed E-state index contributed by atoms with van der Waals surface area (Å²) >= 11 is 0. The van der Waals surface area contributed by atoms with Gasteiger partial charge in [-0.2, -0.15) is 0 Å². The minimum atomic E-state index is -3.26. The molecule has 0 aliphatic rings. The number of sulfonamides is 1. The fourth-order valence-electron chi connectivity index (χ4n) is 1.17. The van der Waals surface area contributed by atoms with Crippen LogP contribution in [0, 0.1) is 5.82 Å². The lowest BCUT2D eigenvalue weighted by Crippen LogP contribution is -2.25. The highest BCUT2D eigenvalue weighted by molar-refractivity contribution is 7.88. The van der Waals surface area contributed by atoms with E-state index in [4.69, 9.17) is 0 Å². The van der Waals surface area contributed by atoms with Crippen LogP contribution in [0.15, 0.2) is 24.3 Å². The van der Waals surface area contributed by atoms with E-state index in [2.05, 4.69) is 4.72 Å². The normalized spacial score (nSPS) is 13.9. The van der Waals surface area contributed by atoms with Crippen molar-refractivity contribution >= 4 is 10.0 Å². The Morgan fingerprint density at radius 2 is 2.07 bits per heavy atom. The van der Waals surface area contributed by atoms with Crippen LogP contribution in [-0.4, -0.2) is 14.7 Å². The van der Waals surface area contributed by atoms with Gasteiger partial charge in [-0.3, -0.25) is 0 Å². The van der Waals surface area contributed by atoms with E-state index >= 15 is 0 Å². The Morgan fingerprint density at radius 3 is 2.57 bits per heavy atom. The number of benzene rings is 1. The summed E-state index contributed by atoms with van der Waals surface area (Å²) in [4.78, 5) is 0. The monoisotopic (exact) mass is 217 g/mol. The molecule has 0 amide bonds. The smallest absolute Gasteiger partial charge is 0.209 e. The Morgan fingerprint density at radius 1 is 1.43 bits per heavy atom. The van der Waals surface area contributed by atoms with Crippen molar-refractivity contribution in [1.29, 1.82) is 0 Å². The van der Waals surface area contributed by atoms with Gasteiger partial charge in [0.15, 0.2) is 0 Å². The van der Waals surface area contributed by atoms with Crippen LogP contribution in [0.3, 0.4) is 0 Å². The topological polar surface area (TPSA) is 46.2 Å². The second-order valence-corrected chi connectivity index (χ2v) is 4.95. The summed E-state index contributed by atoms with van der Waals surface area (Å²) < 4.78 is 36.9. The zero-order chi connectivity index (χ0) is 10.8. The summed E-state index contributed by atoms with van der Waals surface area (Å²) in [6.45, 7) is 1.66. The van der Waals surface area contributed by atoms with Crippen molar-refractivity contribution in [2.45, 2.75) is 13.0 Å². The van der Waals surface area contributed by atoms with Crippen LogP contribution in [0.5, 0.6) is 0 Å². The van der Waals surface area contributed by atoms with Gasteiger partial charge >= 0.3 is 0 Å². The minimum absolute atomic E-state index is 0.371. The number of nitrogens with one attached hydrogen (secondary N) is 1. The van der Waals surface area contributed by atoms with E-state index in [-0.39, 0.29) is 5.82 Å². The molecule has 0 aliphatic carbocycles. The van der Waals surface area contributed by atoms with Crippen molar-refractivity contribution in [2.75, 3.05) is 6.26 Å². The zero-order valence-corrected chi connectivity index (χ0v) is 8.81. The lowest BCUT2D eigenvalue weighted by atomic mass is 10.1. The third-order valence-corrected chi connectivity index (χ3v) is 2.52. The first-order valence-electron chi connectivity index (χ1n) is 4.11. The van der Waals surface area contributed by atoms with Crippen LogP contribution < -0.4 is 4.72 Å². The molecule has 3 nitrogen and oxygen atoms in total. The van der Waals surface area contributed by atoms with Crippen molar-refractivity contribution in [3.63, 3.8) is 0 Å². The van der Waals surface area contributed by atoms with Gasteiger partial charge in [0.2, 0.25) is 10.0 Å². The third kappa shape index (κ3) is 3.43.